The van der Waals surface area contributed by atoms with Crippen LogP contribution in [0.5, 0.6) is 0 Å². The highest BCUT2D eigenvalue weighted by molar-refractivity contribution is 8.00. The Labute approximate surface area is 263 Å². The third-order valence-corrected chi connectivity index (χ3v) is 14.6. The maximum Gasteiger partial charge on any atom is 0.375 e. The number of nitro groups is 1. The third-order valence-electron chi connectivity index (χ3n) is 7.62. The number of ketones is 1. The van der Waals surface area contributed by atoms with E-state index in [0.29, 0.717) is 5.56 Å². The van der Waals surface area contributed by atoms with Crippen LogP contribution in [0.15, 0.2) is 24.3 Å². The number of methoxy groups -OCH3 is 1. The number of Topliss-reactive ketones (excluding diaryl/α,β-unsaturated/α-hetero) is 1. The SMILES string of the molecule is CO[C@@]1(NC(C)=O)C(=O)N([Si](C)(C)C(C)(C)C)[C@@H]1SCC(CC(=O)OC(C)(C)C)C(=O)C(=O)OCc1ccc([N+](=O)[O-])cc1. The van der Waals surface area contributed by atoms with Gasteiger partial charge in [0.2, 0.25) is 17.4 Å². The molecule has 1 heterocycles. The van der Waals surface area contributed by atoms with Crippen LogP contribution in [-0.4, -0.2) is 76.8 Å². The molecule has 244 valence electrons. The van der Waals surface area contributed by atoms with E-state index in [0.717, 1.165) is 11.8 Å². The summed E-state index contributed by atoms with van der Waals surface area (Å²) in [6, 6.07) is 5.30. The zero-order valence-electron chi connectivity index (χ0n) is 27.0. The standard InChI is InChI=1S/C29H43N3O10SSi/c1-18(33)30-29(40-8)25(37)31(44(9,10)28(5,6)7)26(29)43-17-20(15-22(34)42-27(2,3)4)23(35)24(36)41-16-19-11-13-21(14-12-19)32(38)39/h11-14,20,26H,15-17H2,1-10H3,(H,30,33)/t20?,26-,29+/m1/s1. The Morgan fingerprint density at radius 3 is 2.14 bits per heavy atom. The summed E-state index contributed by atoms with van der Waals surface area (Å²) >= 11 is 1.12. The molecule has 0 bridgehead atoms. The molecule has 1 aromatic carbocycles. The average molecular weight is 654 g/mol. The van der Waals surface area contributed by atoms with Crippen LogP contribution in [0.2, 0.25) is 18.1 Å². The maximum absolute atomic E-state index is 13.6. The predicted molar refractivity (Wildman–Crippen MR) is 166 cm³/mol. The minimum Gasteiger partial charge on any atom is -0.460 e. The highest BCUT2D eigenvalue weighted by atomic mass is 32.2. The summed E-state index contributed by atoms with van der Waals surface area (Å²) in [5.41, 5.74) is -2.25. The molecule has 15 heteroatoms. The minimum atomic E-state index is -2.53. The Kier molecular flexibility index (Phi) is 11.5. The lowest BCUT2D eigenvalue weighted by Crippen LogP contribution is -2.85. The van der Waals surface area contributed by atoms with E-state index in [1.165, 1.54) is 38.3 Å². The zero-order chi connectivity index (χ0) is 33.8. The van der Waals surface area contributed by atoms with Gasteiger partial charge in [-0.1, -0.05) is 33.9 Å². The predicted octanol–water partition coefficient (Wildman–Crippen LogP) is 3.94. The number of rotatable bonds is 13. The van der Waals surface area contributed by atoms with E-state index in [1.807, 2.05) is 33.9 Å². The van der Waals surface area contributed by atoms with Crippen molar-refractivity contribution < 1.29 is 43.1 Å². The topological polar surface area (TPSA) is 171 Å². The van der Waals surface area contributed by atoms with E-state index >= 15 is 0 Å². The molecule has 13 nitrogen and oxygen atoms in total. The summed E-state index contributed by atoms with van der Waals surface area (Å²) < 4.78 is 17.9. The second-order valence-corrected chi connectivity index (χ2v) is 19.4. The van der Waals surface area contributed by atoms with Crippen LogP contribution in [0, 0.1) is 16.0 Å². The van der Waals surface area contributed by atoms with Crippen molar-refractivity contribution in [1.29, 1.82) is 0 Å². The number of β-lactam (4-membered cyclic amide) rings is 1. The number of nitro benzene ring substituents is 1. The van der Waals surface area contributed by atoms with Crippen LogP contribution in [0.1, 0.15) is 60.5 Å². The van der Waals surface area contributed by atoms with Gasteiger partial charge in [-0.05, 0) is 43.5 Å². The Hall–Kier alpha value is -3.30. The number of thioether (sulfide) groups is 1. The van der Waals surface area contributed by atoms with Crippen molar-refractivity contribution >= 4 is 55.2 Å². The monoisotopic (exact) mass is 653 g/mol. The summed E-state index contributed by atoms with van der Waals surface area (Å²) in [6.07, 6.45) is -0.434. The summed E-state index contributed by atoms with van der Waals surface area (Å²) in [7, 11) is -1.22. The molecule has 1 aromatic rings. The highest BCUT2D eigenvalue weighted by Crippen LogP contribution is 2.50. The van der Waals surface area contributed by atoms with E-state index in [-0.39, 0.29) is 23.1 Å². The van der Waals surface area contributed by atoms with Gasteiger partial charge in [0, 0.05) is 37.8 Å². The van der Waals surface area contributed by atoms with Crippen LogP contribution in [0.25, 0.3) is 0 Å². The number of ether oxygens (including phenoxy) is 3. The molecular formula is C29H43N3O10SSi. The van der Waals surface area contributed by atoms with Crippen molar-refractivity contribution in [2.45, 2.75) is 96.3 Å². The number of carbonyl (C=O) groups is 5. The summed E-state index contributed by atoms with van der Waals surface area (Å²) in [4.78, 5) is 75.1. The van der Waals surface area contributed by atoms with Crippen molar-refractivity contribution in [2.75, 3.05) is 12.9 Å². The van der Waals surface area contributed by atoms with E-state index < -0.39 is 71.7 Å². The number of nitrogens with one attached hydrogen (secondary N) is 1. The molecule has 0 aliphatic carbocycles. The Bertz CT molecular complexity index is 1290. The fourth-order valence-electron chi connectivity index (χ4n) is 4.34. The molecule has 1 saturated heterocycles. The maximum atomic E-state index is 13.6. The molecule has 2 rings (SSSR count). The fraction of sp³-hybridized carbons (Fsp3) is 0.621. The Morgan fingerprint density at radius 2 is 1.68 bits per heavy atom. The Morgan fingerprint density at radius 1 is 1.11 bits per heavy atom. The number of nitrogens with zero attached hydrogens (tertiary/aromatic N) is 2. The normalized spacial score (nSPS) is 19.5. The molecule has 0 aromatic heterocycles. The van der Waals surface area contributed by atoms with Crippen LogP contribution >= 0.6 is 11.8 Å². The molecule has 1 fully saturated rings. The molecule has 3 atom stereocenters. The summed E-state index contributed by atoms with van der Waals surface area (Å²) in [6.45, 7) is 16.1. The molecule has 0 saturated carbocycles. The first-order valence-electron chi connectivity index (χ1n) is 14.0. The first-order valence-corrected chi connectivity index (χ1v) is 18.0. The number of benzene rings is 1. The number of amides is 2. The zero-order valence-corrected chi connectivity index (χ0v) is 28.8. The van der Waals surface area contributed by atoms with Gasteiger partial charge in [-0.2, -0.15) is 0 Å². The van der Waals surface area contributed by atoms with Crippen molar-refractivity contribution in [3.8, 4) is 0 Å². The molecule has 1 aliphatic heterocycles. The van der Waals surface area contributed by atoms with Gasteiger partial charge in [0.15, 0.2) is 8.24 Å². The van der Waals surface area contributed by atoms with Gasteiger partial charge in [-0.25, -0.2) is 4.79 Å². The number of carbonyl (C=O) groups excluding carboxylic acids is 5. The first-order chi connectivity index (χ1) is 20.1. The van der Waals surface area contributed by atoms with E-state index in [4.69, 9.17) is 14.2 Å². The first kappa shape index (κ1) is 36.9. The highest BCUT2D eigenvalue weighted by Gasteiger charge is 2.68. The molecule has 0 spiro atoms. The summed E-state index contributed by atoms with van der Waals surface area (Å²) in [5, 5.41) is 12.5. The number of esters is 2. The largest absolute Gasteiger partial charge is 0.460 e. The molecule has 2 amide bonds. The quantitative estimate of drug-likeness (QED) is 0.0622. The second-order valence-electron chi connectivity index (χ2n) is 13.1. The van der Waals surface area contributed by atoms with E-state index in [2.05, 4.69) is 5.32 Å². The van der Waals surface area contributed by atoms with E-state index in [1.54, 1.807) is 25.3 Å². The lowest BCUT2D eigenvalue weighted by molar-refractivity contribution is -0.384. The van der Waals surface area contributed by atoms with Gasteiger partial charge >= 0.3 is 11.9 Å². The van der Waals surface area contributed by atoms with Crippen LogP contribution in [0.3, 0.4) is 0 Å². The van der Waals surface area contributed by atoms with Crippen LogP contribution in [-0.2, 0) is 44.8 Å². The van der Waals surface area contributed by atoms with Gasteiger partial charge in [0.1, 0.15) is 17.6 Å². The average Bonchev–Trinajstić information content (AvgIpc) is 2.89. The van der Waals surface area contributed by atoms with Gasteiger partial charge in [-0.15, -0.1) is 11.8 Å². The van der Waals surface area contributed by atoms with Crippen molar-refractivity contribution in [1.82, 2.24) is 9.88 Å². The van der Waals surface area contributed by atoms with Gasteiger partial charge in [0.05, 0.1) is 11.3 Å². The second kappa shape index (κ2) is 13.8. The van der Waals surface area contributed by atoms with Crippen molar-refractivity contribution in [2.24, 2.45) is 5.92 Å². The van der Waals surface area contributed by atoms with Gasteiger partial charge < -0.3 is 24.1 Å². The minimum absolute atomic E-state index is 0.0987. The fourth-order valence-corrected chi connectivity index (χ4v) is 8.94. The number of non-ortho nitro benzene ring substituents is 1. The van der Waals surface area contributed by atoms with Crippen LogP contribution < -0.4 is 5.32 Å². The molecular weight excluding hydrogens is 610 g/mol. The molecule has 0 radical (unpaired) electrons. The molecule has 1 aliphatic rings. The van der Waals surface area contributed by atoms with E-state index in [9.17, 15) is 34.1 Å². The van der Waals surface area contributed by atoms with Crippen LogP contribution in [0.4, 0.5) is 5.69 Å². The lowest BCUT2D eigenvalue weighted by Gasteiger charge is -2.62. The van der Waals surface area contributed by atoms with Crippen molar-refractivity contribution in [3.05, 3.63) is 39.9 Å². The van der Waals surface area contributed by atoms with Gasteiger partial charge in [0.25, 0.3) is 11.6 Å². The smallest absolute Gasteiger partial charge is 0.375 e. The third kappa shape index (κ3) is 8.44. The molecule has 44 heavy (non-hydrogen) atoms. The number of hydrogen-bond donors (Lipinski definition) is 1. The molecule has 1 N–H and O–H groups in total. The van der Waals surface area contributed by atoms with Gasteiger partial charge in [-0.3, -0.25) is 29.3 Å². The molecule has 1 unspecified atom stereocenters. The lowest BCUT2D eigenvalue weighted by atomic mass is 10.0. The number of hydrogen-bond acceptors (Lipinski definition) is 11. The van der Waals surface area contributed by atoms with Crippen molar-refractivity contribution in [3.63, 3.8) is 0 Å². The summed E-state index contributed by atoms with van der Waals surface area (Å²) in [5.74, 6) is -5.05. The Balaban J connectivity index is 2.35.